The second-order valence-electron chi connectivity index (χ2n) is 7.91. The Morgan fingerprint density at radius 3 is 2.47 bits per heavy atom. The van der Waals surface area contributed by atoms with Gasteiger partial charge in [0.15, 0.2) is 5.16 Å². The Kier molecular flexibility index (Phi) is 7.65. The molecule has 0 saturated carbocycles. The van der Waals surface area contributed by atoms with Crippen molar-refractivity contribution in [2.24, 2.45) is 0 Å². The number of carbonyl (C=O) groups is 1. The van der Waals surface area contributed by atoms with Crippen LogP contribution in [0.2, 0.25) is 0 Å². The minimum Gasteiger partial charge on any atom is -0.494 e. The summed E-state index contributed by atoms with van der Waals surface area (Å²) in [6.07, 6.45) is 0.635. The summed E-state index contributed by atoms with van der Waals surface area (Å²) in [7, 11) is 0. The Bertz CT molecular complexity index is 1250. The third-order valence-electron chi connectivity index (χ3n) is 5.52. The maximum Gasteiger partial charge on any atom is 0.234 e. The van der Waals surface area contributed by atoms with Crippen molar-refractivity contribution in [2.45, 2.75) is 32.3 Å². The summed E-state index contributed by atoms with van der Waals surface area (Å²) in [5.74, 6) is 1.77. The first-order valence-corrected chi connectivity index (χ1v) is 12.2. The van der Waals surface area contributed by atoms with Crippen LogP contribution >= 0.6 is 11.8 Å². The number of thioether (sulfide) groups is 1. The second-order valence-corrected chi connectivity index (χ2v) is 8.85. The van der Waals surface area contributed by atoms with Gasteiger partial charge in [0.1, 0.15) is 11.6 Å². The Balaban J connectivity index is 1.56. The van der Waals surface area contributed by atoms with Gasteiger partial charge in [-0.25, -0.2) is 0 Å². The molecule has 7 heteroatoms. The molecule has 3 aromatic carbocycles. The van der Waals surface area contributed by atoms with E-state index in [1.165, 1.54) is 11.8 Å². The lowest BCUT2D eigenvalue weighted by Crippen LogP contribution is -2.15. The van der Waals surface area contributed by atoms with Crippen LogP contribution in [0, 0.1) is 13.8 Å². The average molecular weight is 473 g/mol. The molecule has 34 heavy (non-hydrogen) atoms. The van der Waals surface area contributed by atoms with Crippen LogP contribution in [-0.4, -0.2) is 33.0 Å². The average Bonchev–Trinajstić information content (AvgIpc) is 3.24. The van der Waals surface area contributed by atoms with E-state index in [2.05, 4.69) is 27.6 Å². The van der Waals surface area contributed by atoms with Crippen LogP contribution in [0.25, 0.3) is 5.69 Å². The molecule has 0 radical (unpaired) electrons. The van der Waals surface area contributed by atoms with Crippen LogP contribution in [-0.2, 0) is 11.2 Å². The first kappa shape index (κ1) is 23.6. The molecular weight excluding hydrogens is 444 g/mol. The van der Waals surface area contributed by atoms with Gasteiger partial charge in [-0.15, -0.1) is 10.2 Å². The number of benzene rings is 3. The van der Waals surface area contributed by atoms with Crippen molar-refractivity contribution in [3.05, 3.63) is 95.3 Å². The zero-order valence-electron chi connectivity index (χ0n) is 19.6. The van der Waals surface area contributed by atoms with E-state index in [4.69, 9.17) is 4.74 Å². The molecule has 1 amide bonds. The van der Waals surface area contributed by atoms with E-state index < -0.39 is 0 Å². The highest BCUT2D eigenvalue weighted by molar-refractivity contribution is 7.99. The number of anilines is 1. The minimum absolute atomic E-state index is 0.0791. The van der Waals surface area contributed by atoms with Gasteiger partial charge in [-0.3, -0.25) is 9.36 Å². The number of aryl methyl sites for hydroxylation is 1. The molecule has 1 N–H and O–H groups in total. The summed E-state index contributed by atoms with van der Waals surface area (Å²) in [5.41, 5.74) is 5.13. The SMILES string of the molecule is CCOc1ccc(-n2c(Cc3ccccc3)nnc2SCC(=O)Nc2cccc(C)c2C)cc1. The number of carbonyl (C=O) groups excluding carboxylic acids is 1. The predicted molar refractivity (Wildman–Crippen MR) is 137 cm³/mol. The molecule has 4 aromatic rings. The fraction of sp³-hybridized carbons (Fsp3) is 0.222. The Morgan fingerprint density at radius 2 is 1.74 bits per heavy atom. The van der Waals surface area contributed by atoms with Gasteiger partial charge in [-0.2, -0.15) is 0 Å². The summed E-state index contributed by atoms with van der Waals surface area (Å²) < 4.78 is 7.60. The highest BCUT2D eigenvalue weighted by Crippen LogP contribution is 2.26. The molecule has 0 aliphatic heterocycles. The fourth-order valence-electron chi connectivity index (χ4n) is 3.61. The number of aromatic nitrogens is 3. The van der Waals surface area contributed by atoms with Crippen molar-refractivity contribution in [2.75, 3.05) is 17.7 Å². The number of ether oxygens (including phenoxy) is 1. The van der Waals surface area contributed by atoms with E-state index in [9.17, 15) is 4.79 Å². The van der Waals surface area contributed by atoms with Crippen LogP contribution in [0.5, 0.6) is 5.75 Å². The molecule has 174 valence electrons. The summed E-state index contributed by atoms with van der Waals surface area (Å²) in [4.78, 5) is 12.7. The predicted octanol–water partition coefficient (Wildman–Crippen LogP) is 5.60. The third-order valence-corrected chi connectivity index (χ3v) is 6.45. The molecule has 0 atom stereocenters. The second kappa shape index (κ2) is 11.0. The number of rotatable bonds is 9. The summed E-state index contributed by atoms with van der Waals surface area (Å²) >= 11 is 1.37. The monoisotopic (exact) mass is 472 g/mol. The zero-order valence-corrected chi connectivity index (χ0v) is 20.4. The van der Waals surface area contributed by atoms with Crippen molar-refractivity contribution in [1.82, 2.24) is 14.8 Å². The molecule has 0 spiro atoms. The Morgan fingerprint density at radius 1 is 0.971 bits per heavy atom. The van der Waals surface area contributed by atoms with Crippen LogP contribution in [0.3, 0.4) is 0 Å². The number of amides is 1. The molecule has 6 nitrogen and oxygen atoms in total. The number of hydrogen-bond donors (Lipinski definition) is 1. The lowest BCUT2D eigenvalue weighted by molar-refractivity contribution is -0.113. The summed E-state index contributed by atoms with van der Waals surface area (Å²) in [6, 6.07) is 23.9. The maximum absolute atomic E-state index is 12.7. The first-order valence-electron chi connectivity index (χ1n) is 11.3. The van der Waals surface area contributed by atoms with Crippen molar-refractivity contribution >= 4 is 23.4 Å². The highest BCUT2D eigenvalue weighted by atomic mass is 32.2. The van der Waals surface area contributed by atoms with Gasteiger partial charge >= 0.3 is 0 Å². The molecule has 0 fully saturated rings. The highest BCUT2D eigenvalue weighted by Gasteiger charge is 2.17. The van der Waals surface area contributed by atoms with Crippen LogP contribution < -0.4 is 10.1 Å². The van der Waals surface area contributed by atoms with Crippen molar-refractivity contribution in [3.63, 3.8) is 0 Å². The Labute approximate surface area is 204 Å². The molecule has 0 aliphatic rings. The molecule has 0 unspecified atom stereocenters. The van der Waals surface area contributed by atoms with E-state index in [1.807, 2.05) is 86.0 Å². The van der Waals surface area contributed by atoms with E-state index in [-0.39, 0.29) is 11.7 Å². The van der Waals surface area contributed by atoms with E-state index >= 15 is 0 Å². The molecular formula is C27H28N4O2S. The van der Waals surface area contributed by atoms with Crippen molar-refractivity contribution in [1.29, 1.82) is 0 Å². The van der Waals surface area contributed by atoms with Gasteiger partial charge in [0.05, 0.1) is 12.4 Å². The quantitative estimate of drug-likeness (QED) is 0.321. The molecule has 4 rings (SSSR count). The molecule has 0 saturated heterocycles. The normalized spacial score (nSPS) is 10.8. The Hall–Kier alpha value is -3.58. The standard InChI is InChI=1S/C27H28N4O2S/c1-4-33-23-15-13-22(14-16-23)31-25(17-21-10-6-5-7-11-21)29-30-27(31)34-18-26(32)28-24-12-8-9-19(2)20(24)3/h5-16H,4,17-18H2,1-3H3,(H,28,32). The molecule has 1 aromatic heterocycles. The molecule has 1 heterocycles. The van der Waals surface area contributed by atoms with Gasteiger partial charge < -0.3 is 10.1 Å². The fourth-order valence-corrected chi connectivity index (χ4v) is 4.38. The van der Waals surface area contributed by atoms with Gasteiger partial charge in [0.2, 0.25) is 5.91 Å². The van der Waals surface area contributed by atoms with Crippen LogP contribution in [0.15, 0.2) is 78.0 Å². The van der Waals surface area contributed by atoms with E-state index in [1.54, 1.807) is 0 Å². The first-order chi connectivity index (χ1) is 16.5. The molecule has 0 aliphatic carbocycles. The van der Waals surface area contributed by atoms with Crippen LogP contribution in [0.4, 0.5) is 5.69 Å². The maximum atomic E-state index is 12.7. The number of nitrogens with zero attached hydrogens (tertiary/aromatic N) is 3. The van der Waals surface area contributed by atoms with Gasteiger partial charge in [0, 0.05) is 17.8 Å². The van der Waals surface area contributed by atoms with Gasteiger partial charge in [0.25, 0.3) is 0 Å². The minimum atomic E-state index is -0.0791. The third kappa shape index (κ3) is 5.66. The number of nitrogens with one attached hydrogen (secondary N) is 1. The smallest absolute Gasteiger partial charge is 0.234 e. The topological polar surface area (TPSA) is 69.0 Å². The lowest BCUT2D eigenvalue weighted by Gasteiger charge is -2.12. The largest absolute Gasteiger partial charge is 0.494 e. The van der Waals surface area contributed by atoms with Crippen molar-refractivity contribution < 1.29 is 9.53 Å². The zero-order chi connectivity index (χ0) is 23.9. The number of hydrogen-bond acceptors (Lipinski definition) is 5. The lowest BCUT2D eigenvalue weighted by atomic mass is 10.1. The van der Waals surface area contributed by atoms with Crippen LogP contribution in [0.1, 0.15) is 29.4 Å². The van der Waals surface area contributed by atoms with E-state index in [0.29, 0.717) is 18.2 Å². The summed E-state index contributed by atoms with van der Waals surface area (Å²) in [6.45, 7) is 6.62. The molecule has 0 bridgehead atoms. The van der Waals surface area contributed by atoms with Gasteiger partial charge in [-0.1, -0.05) is 54.2 Å². The van der Waals surface area contributed by atoms with Gasteiger partial charge in [-0.05, 0) is 67.8 Å². The van der Waals surface area contributed by atoms with E-state index in [0.717, 1.165) is 39.6 Å². The van der Waals surface area contributed by atoms with Crippen molar-refractivity contribution in [3.8, 4) is 11.4 Å². The summed E-state index contributed by atoms with van der Waals surface area (Å²) in [5, 5.41) is 12.6.